The number of amides is 1. The number of nitrogens with zero attached hydrogens (tertiary/aromatic N) is 5. The monoisotopic (exact) mass is 612 g/mol. The van der Waals surface area contributed by atoms with Gasteiger partial charge < -0.3 is 9.73 Å². The van der Waals surface area contributed by atoms with Crippen molar-refractivity contribution in [3.63, 3.8) is 0 Å². The lowest BCUT2D eigenvalue weighted by Gasteiger charge is -2.14. The van der Waals surface area contributed by atoms with Crippen LogP contribution >= 0.6 is 43.5 Å². The fourth-order valence-electron chi connectivity index (χ4n) is 3.53. The van der Waals surface area contributed by atoms with Gasteiger partial charge in [0.15, 0.2) is 5.82 Å². The van der Waals surface area contributed by atoms with Crippen LogP contribution in [0.2, 0.25) is 5.02 Å². The molecule has 0 aliphatic heterocycles. The summed E-state index contributed by atoms with van der Waals surface area (Å²) < 4.78 is 9.07. The number of benzene rings is 1. The Balaban J connectivity index is 1.54. The molecule has 5 rings (SSSR count). The fraction of sp³-hybridized carbons (Fsp3) is 0.0417. The van der Waals surface area contributed by atoms with Gasteiger partial charge in [0, 0.05) is 33.7 Å². The van der Waals surface area contributed by atoms with Crippen molar-refractivity contribution >= 4 is 55.1 Å². The summed E-state index contributed by atoms with van der Waals surface area (Å²) in [4.78, 5) is 21.9. The Morgan fingerprint density at radius 2 is 1.86 bits per heavy atom. The summed E-state index contributed by atoms with van der Waals surface area (Å²) in [6.45, 7) is 1.88. The van der Waals surface area contributed by atoms with Crippen molar-refractivity contribution in [1.29, 1.82) is 0 Å². The van der Waals surface area contributed by atoms with Crippen LogP contribution in [0.25, 0.3) is 28.7 Å². The Bertz CT molecular complexity index is 1550. The molecular weight excluding hydrogens is 600 g/mol. The second-order valence-corrected chi connectivity index (χ2v) is 9.71. The lowest BCUT2D eigenvalue weighted by atomic mass is 10.1. The molecule has 0 saturated heterocycles. The number of anilines is 1. The van der Waals surface area contributed by atoms with Crippen LogP contribution < -0.4 is 5.32 Å². The smallest absolute Gasteiger partial charge is 0.272 e. The zero-order valence-corrected chi connectivity index (χ0v) is 22.0. The van der Waals surface area contributed by atoms with Gasteiger partial charge in [-0.25, -0.2) is 4.98 Å². The molecule has 35 heavy (non-hydrogen) atoms. The number of carbonyl (C=O) groups excluding carboxylic acids is 1. The highest BCUT2D eigenvalue weighted by atomic mass is 79.9. The summed E-state index contributed by atoms with van der Waals surface area (Å²) in [6, 6.07) is 12.5. The van der Waals surface area contributed by atoms with E-state index in [0.29, 0.717) is 43.7 Å². The van der Waals surface area contributed by atoms with E-state index in [2.05, 4.69) is 57.3 Å². The summed E-state index contributed by atoms with van der Waals surface area (Å²) in [5, 5.41) is 11.8. The van der Waals surface area contributed by atoms with E-state index in [-0.39, 0.29) is 11.8 Å². The third-order valence-electron chi connectivity index (χ3n) is 5.09. The van der Waals surface area contributed by atoms with Gasteiger partial charge in [-0.05, 0) is 70.9 Å². The van der Waals surface area contributed by atoms with Crippen molar-refractivity contribution in [3.8, 4) is 28.7 Å². The van der Waals surface area contributed by atoms with Gasteiger partial charge in [-0.15, -0.1) is 10.2 Å². The van der Waals surface area contributed by atoms with Gasteiger partial charge in [0.25, 0.3) is 5.91 Å². The van der Waals surface area contributed by atoms with Gasteiger partial charge in [0.05, 0.1) is 21.8 Å². The lowest BCUT2D eigenvalue weighted by molar-refractivity contribution is 0.102. The van der Waals surface area contributed by atoms with Gasteiger partial charge in [-0.2, -0.15) is 0 Å². The van der Waals surface area contributed by atoms with E-state index >= 15 is 0 Å². The first kappa shape index (κ1) is 23.4. The maximum atomic E-state index is 13.5. The highest BCUT2D eigenvalue weighted by Crippen LogP contribution is 2.35. The molecule has 0 aliphatic carbocycles. The number of carbonyl (C=O) groups is 1. The number of halogens is 3. The number of rotatable bonds is 5. The second kappa shape index (κ2) is 9.73. The minimum atomic E-state index is -0.365. The SMILES string of the molecule is Cc1cc(Br)cc(-c2nnc(-c3cccnc3)o2)c1NC(=O)c1cc(Br)cn1-c1ncccc1Cl. The molecule has 0 atom stereocenters. The Hall–Kier alpha value is -3.34. The molecule has 11 heteroatoms. The Morgan fingerprint density at radius 3 is 2.63 bits per heavy atom. The van der Waals surface area contributed by atoms with E-state index in [0.717, 1.165) is 10.0 Å². The van der Waals surface area contributed by atoms with Crippen LogP contribution in [0.5, 0.6) is 0 Å². The summed E-state index contributed by atoms with van der Waals surface area (Å²) in [6.07, 6.45) is 6.65. The van der Waals surface area contributed by atoms with E-state index < -0.39 is 0 Å². The first-order valence-electron chi connectivity index (χ1n) is 10.3. The third-order valence-corrected chi connectivity index (χ3v) is 6.28. The van der Waals surface area contributed by atoms with Crippen molar-refractivity contribution in [2.75, 3.05) is 5.32 Å². The van der Waals surface area contributed by atoms with Crippen molar-refractivity contribution in [1.82, 2.24) is 24.7 Å². The molecule has 0 spiro atoms. The molecule has 0 fully saturated rings. The van der Waals surface area contributed by atoms with Crippen molar-refractivity contribution < 1.29 is 9.21 Å². The van der Waals surface area contributed by atoms with Gasteiger partial charge >= 0.3 is 0 Å². The van der Waals surface area contributed by atoms with Crippen LogP contribution in [-0.4, -0.2) is 30.6 Å². The molecule has 4 aromatic heterocycles. The van der Waals surface area contributed by atoms with Crippen molar-refractivity contribution in [2.45, 2.75) is 6.92 Å². The zero-order valence-electron chi connectivity index (χ0n) is 18.0. The molecule has 0 unspecified atom stereocenters. The van der Waals surface area contributed by atoms with Gasteiger partial charge in [0.1, 0.15) is 5.69 Å². The van der Waals surface area contributed by atoms with E-state index in [1.807, 2.05) is 25.1 Å². The third kappa shape index (κ3) is 4.77. The predicted octanol–water partition coefficient (Wildman–Crippen LogP) is 6.72. The quantitative estimate of drug-likeness (QED) is 0.236. The number of pyridine rings is 2. The molecule has 0 saturated carbocycles. The normalized spacial score (nSPS) is 11.0. The standard InChI is InChI=1S/C24H15Br2ClN6O2/c1-13-8-15(25)9-17(24-32-31-23(35-24)14-4-2-6-28-11-14)20(13)30-22(34)19-10-16(26)12-33(19)21-18(27)5-3-7-29-21/h2-12H,1H3,(H,30,34). The van der Waals surface area contributed by atoms with E-state index in [1.165, 1.54) is 0 Å². The molecule has 0 radical (unpaired) electrons. The summed E-state index contributed by atoms with van der Waals surface area (Å²) in [5.41, 5.74) is 2.94. The topological polar surface area (TPSA) is 98.7 Å². The van der Waals surface area contributed by atoms with E-state index in [9.17, 15) is 4.79 Å². The summed E-state index contributed by atoms with van der Waals surface area (Å²) in [5.74, 6) is 0.658. The first-order valence-corrected chi connectivity index (χ1v) is 12.2. The van der Waals surface area contributed by atoms with Crippen LogP contribution in [0.15, 0.2) is 80.6 Å². The minimum absolute atomic E-state index is 0.257. The van der Waals surface area contributed by atoms with Gasteiger partial charge in [-0.1, -0.05) is 27.5 Å². The van der Waals surface area contributed by atoms with Gasteiger partial charge in [-0.3, -0.25) is 14.3 Å². The van der Waals surface area contributed by atoms with E-state index in [1.54, 1.807) is 53.6 Å². The number of hydrogen-bond donors (Lipinski definition) is 1. The fourth-order valence-corrected chi connectivity index (χ4v) is 4.73. The molecule has 0 aliphatic rings. The number of aryl methyl sites for hydroxylation is 1. The molecular formula is C24H15Br2ClN6O2. The Morgan fingerprint density at radius 1 is 1.06 bits per heavy atom. The minimum Gasteiger partial charge on any atom is -0.416 e. The van der Waals surface area contributed by atoms with Crippen LogP contribution in [0.1, 0.15) is 16.1 Å². The Kier molecular flexibility index (Phi) is 6.50. The molecule has 4 heterocycles. The summed E-state index contributed by atoms with van der Waals surface area (Å²) >= 11 is 13.3. The molecule has 1 aromatic carbocycles. The maximum absolute atomic E-state index is 13.5. The number of hydrogen-bond acceptors (Lipinski definition) is 6. The van der Waals surface area contributed by atoms with Crippen LogP contribution in [-0.2, 0) is 0 Å². The first-order chi connectivity index (χ1) is 16.9. The highest BCUT2D eigenvalue weighted by Gasteiger charge is 2.22. The summed E-state index contributed by atoms with van der Waals surface area (Å²) in [7, 11) is 0. The highest BCUT2D eigenvalue weighted by molar-refractivity contribution is 9.10. The molecule has 8 nitrogen and oxygen atoms in total. The Labute approximate surface area is 221 Å². The maximum Gasteiger partial charge on any atom is 0.272 e. The largest absolute Gasteiger partial charge is 0.416 e. The molecule has 0 bridgehead atoms. The second-order valence-electron chi connectivity index (χ2n) is 7.48. The molecule has 1 N–H and O–H groups in total. The van der Waals surface area contributed by atoms with Crippen LogP contribution in [0.4, 0.5) is 5.69 Å². The predicted molar refractivity (Wildman–Crippen MR) is 140 cm³/mol. The number of aromatic nitrogens is 5. The van der Waals surface area contributed by atoms with Gasteiger partial charge in [0.2, 0.25) is 11.8 Å². The van der Waals surface area contributed by atoms with Crippen molar-refractivity contribution in [2.24, 2.45) is 0 Å². The van der Waals surface area contributed by atoms with Crippen molar-refractivity contribution in [3.05, 3.63) is 92.5 Å². The lowest BCUT2D eigenvalue weighted by Crippen LogP contribution is -2.18. The molecule has 1 amide bonds. The van der Waals surface area contributed by atoms with E-state index in [4.69, 9.17) is 16.0 Å². The average molecular weight is 615 g/mol. The van der Waals surface area contributed by atoms with Crippen LogP contribution in [0, 0.1) is 6.92 Å². The molecule has 5 aromatic rings. The average Bonchev–Trinajstić information content (AvgIpc) is 3.49. The van der Waals surface area contributed by atoms with Crippen LogP contribution in [0.3, 0.4) is 0 Å². The number of nitrogens with one attached hydrogen (secondary N) is 1. The molecule has 174 valence electrons. The zero-order chi connectivity index (χ0) is 24.5.